The Hall–Kier alpha value is -3.52. The van der Waals surface area contributed by atoms with Gasteiger partial charge in [0.15, 0.2) is 5.69 Å². The summed E-state index contributed by atoms with van der Waals surface area (Å²) < 4.78 is 1.98. The molecule has 0 unspecified atom stereocenters. The van der Waals surface area contributed by atoms with Gasteiger partial charge < -0.3 is 10.2 Å². The van der Waals surface area contributed by atoms with Gasteiger partial charge in [0.25, 0.3) is 5.91 Å². The van der Waals surface area contributed by atoms with Crippen molar-refractivity contribution in [1.29, 1.82) is 0 Å². The van der Waals surface area contributed by atoms with Crippen LogP contribution in [0.2, 0.25) is 0 Å². The third-order valence-electron chi connectivity index (χ3n) is 7.12. The van der Waals surface area contributed by atoms with Gasteiger partial charge in [0.2, 0.25) is 5.91 Å². The quantitative estimate of drug-likeness (QED) is 0.529. The molecule has 0 radical (unpaired) electrons. The van der Waals surface area contributed by atoms with E-state index in [1.807, 2.05) is 46.0 Å². The second kappa shape index (κ2) is 11.5. The van der Waals surface area contributed by atoms with Crippen molar-refractivity contribution in [3.05, 3.63) is 82.9 Å². The zero-order valence-corrected chi connectivity index (χ0v) is 20.7. The highest BCUT2D eigenvalue weighted by molar-refractivity contribution is 5.94. The summed E-state index contributed by atoms with van der Waals surface area (Å²) in [5.74, 6) is -0.0832. The molecule has 2 aromatic heterocycles. The lowest BCUT2D eigenvalue weighted by Gasteiger charge is -2.32. The number of amides is 2. The van der Waals surface area contributed by atoms with Gasteiger partial charge in [-0.15, -0.1) is 0 Å². The molecule has 0 spiro atoms. The third-order valence-corrected chi connectivity index (χ3v) is 7.12. The molecule has 1 fully saturated rings. The summed E-state index contributed by atoms with van der Waals surface area (Å²) in [6, 6.07) is 15.9. The molecule has 0 bridgehead atoms. The fraction of sp³-hybridized carbons (Fsp3) is 0.429. The molecule has 2 aliphatic heterocycles. The molecule has 2 amide bonds. The van der Waals surface area contributed by atoms with Crippen LogP contribution in [0.3, 0.4) is 0 Å². The molecule has 188 valence electrons. The monoisotopic (exact) mass is 486 g/mol. The zero-order chi connectivity index (χ0) is 24.7. The summed E-state index contributed by atoms with van der Waals surface area (Å²) in [4.78, 5) is 34.8. The van der Waals surface area contributed by atoms with Crippen molar-refractivity contribution >= 4 is 11.8 Å². The number of rotatable bonds is 8. The summed E-state index contributed by atoms with van der Waals surface area (Å²) in [5, 5.41) is 7.74. The van der Waals surface area contributed by atoms with E-state index < -0.39 is 0 Å². The second-order valence-corrected chi connectivity index (χ2v) is 9.64. The van der Waals surface area contributed by atoms with Gasteiger partial charge in [-0.25, -0.2) is 0 Å². The standard InChI is InChI=1S/C28H34N6O2/c35-26(21-32-15-7-2-8-16-32)33-17-13-25-24(20-33)27(28(36)30-19-23-11-5-6-14-29-23)31-34(25)18-12-22-9-3-1-4-10-22/h1,3-6,9-11,14H,2,7-8,12-13,15-21H2,(H,30,36). The topological polar surface area (TPSA) is 83.4 Å². The molecule has 36 heavy (non-hydrogen) atoms. The molecule has 1 aromatic carbocycles. The van der Waals surface area contributed by atoms with Gasteiger partial charge in [-0.2, -0.15) is 5.10 Å². The van der Waals surface area contributed by atoms with Crippen LogP contribution in [0.25, 0.3) is 0 Å². The van der Waals surface area contributed by atoms with Crippen LogP contribution in [0.4, 0.5) is 0 Å². The van der Waals surface area contributed by atoms with Crippen molar-refractivity contribution < 1.29 is 9.59 Å². The van der Waals surface area contributed by atoms with E-state index in [1.54, 1.807) is 6.20 Å². The first-order chi connectivity index (χ1) is 17.7. The first kappa shape index (κ1) is 24.2. The molecule has 8 nitrogen and oxygen atoms in total. The zero-order valence-electron chi connectivity index (χ0n) is 20.7. The van der Waals surface area contributed by atoms with Crippen LogP contribution >= 0.6 is 0 Å². The number of carbonyl (C=O) groups is 2. The number of carbonyl (C=O) groups excluding carboxylic acids is 2. The fourth-order valence-electron chi connectivity index (χ4n) is 5.12. The number of piperidine rings is 1. The highest BCUT2D eigenvalue weighted by Gasteiger charge is 2.30. The summed E-state index contributed by atoms with van der Waals surface area (Å²) in [6.07, 6.45) is 6.82. The van der Waals surface area contributed by atoms with Gasteiger partial charge in [-0.1, -0.05) is 42.8 Å². The van der Waals surface area contributed by atoms with Crippen LogP contribution in [-0.2, 0) is 37.3 Å². The van der Waals surface area contributed by atoms with Crippen LogP contribution < -0.4 is 5.32 Å². The van der Waals surface area contributed by atoms with E-state index in [0.717, 1.165) is 49.3 Å². The smallest absolute Gasteiger partial charge is 0.272 e. The van der Waals surface area contributed by atoms with Gasteiger partial charge in [-0.3, -0.25) is 24.2 Å². The van der Waals surface area contributed by atoms with Crippen molar-refractivity contribution in [2.75, 3.05) is 26.2 Å². The number of likely N-dealkylation sites (tertiary alicyclic amines) is 1. The number of hydrogen-bond donors (Lipinski definition) is 1. The molecule has 1 N–H and O–H groups in total. The van der Waals surface area contributed by atoms with Gasteiger partial charge in [0.05, 0.1) is 18.8 Å². The Balaban J connectivity index is 1.33. The maximum absolute atomic E-state index is 13.2. The highest BCUT2D eigenvalue weighted by atomic mass is 16.2. The van der Waals surface area contributed by atoms with Gasteiger partial charge in [0, 0.05) is 43.5 Å². The Labute approximate surface area is 212 Å². The van der Waals surface area contributed by atoms with E-state index in [0.29, 0.717) is 44.8 Å². The summed E-state index contributed by atoms with van der Waals surface area (Å²) in [5.41, 5.74) is 4.39. The van der Waals surface area contributed by atoms with E-state index in [4.69, 9.17) is 5.10 Å². The Kier molecular flexibility index (Phi) is 7.71. The average Bonchev–Trinajstić information content (AvgIpc) is 3.30. The van der Waals surface area contributed by atoms with Crippen LogP contribution in [0.5, 0.6) is 0 Å². The van der Waals surface area contributed by atoms with Gasteiger partial charge >= 0.3 is 0 Å². The number of benzene rings is 1. The predicted octanol–water partition coefficient (Wildman–Crippen LogP) is 2.82. The first-order valence-electron chi connectivity index (χ1n) is 13.0. The Morgan fingerprint density at radius 3 is 2.53 bits per heavy atom. The van der Waals surface area contributed by atoms with Crippen molar-refractivity contribution in [2.45, 2.75) is 51.7 Å². The summed E-state index contributed by atoms with van der Waals surface area (Å²) in [6.45, 7) is 4.56. The Morgan fingerprint density at radius 1 is 0.944 bits per heavy atom. The lowest BCUT2D eigenvalue weighted by atomic mass is 10.0. The minimum atomic E-state index is -0.222. The molecule has 0 saturated carbocycles. The maximum Gasteiger partial charge on any atom is 0.272 e. The van der Waals surface area contributed by atoms with Crippen molar-refractivity contribution in [3.8, 4) is 0 Å². The molecular formula is C28H34N6O2. The second-order valence-electron chi connectivity index (χ2n) is 9.64. The van der Waals surface area contributed by atoms with E-state index >= 15 is 0 Å². The molecule has 0 aliphatic carbocycles. The molecule has 5 rings (SSSR count). The van der Waals surface area contributed by atoms with E-state index in [-0.39, 0.29) is 11.8 Å². The van der Waals surface area contributed by atoms with Gasteiger partial charge in [0.1, 0.15) is 0 Å². The summed E-state index contributed by atoms with van der Waals surface area (Å²) >= 11 is 0. The number of nitrogens with one attached hydrogen (secondary N) is 1. The molecule has 2 aliphatic rings. The molecule has 8 heteroatoms. The van der Waals surface area contributed by atoms with E-state index in [1.165, 1.54) is 12.0 Å². The SMILES string of the molecule is O=C(NCc1ccccn1)c1nn(CCc2ccccc2)c2c1CN(C(=O)CN1CCCCC1)CC2. The van der Waals surface area contributed by atoms with Crippen LogP contribution in [0.15, 0.2) is 54.7 Å². The molecule has 3 aromatic rings. The molecule has 1 saturated heterocycles. The third kappa shape index (κ3) is 5.82. The van der Waals surface area contributed by atoms with Crippen molar-refractivity contribution in [1.82, 2.24) is 29.9 Å². The number of nitrogens with zero attached hydrogens (tertiary/aromatic N) is 5. The maximum atomic E-state index is 13.2. The van der Waals surface area contributed by atoms with E-state index in [9.17, 15) is 9.59 Å². The molecular weight excluding hydrogens is 452 g/mol. The van der Waals surface area contributed by atoms with Crippen LogP contribution in [0.1, 0.15) is 52.3 Å². The largest absolute Gasteiger partial charge is 0.345 e. The number of pyridine rings is 1. The summed E-state index contributed by atoms with van der Waals surface area (Å²) in [7, 11) is 0. The van der Waals surface area contributed by atoms with Crippen molar-refractivity contribution in [2.24, 2.45) is 0 Å². The lowest BCUT2D eigenvalue weighted by Crippen LogP contribution is -2.44. The minimum Gasteiger partial charge on any atom is -0.345 e. The van der Waals surface area contributed by atoms with Crippen molar-refractivity contribution in [3.63, 3.8) is 0 Å². The minimum absolute atomic E-state index is 0.138. The fourth-order valence-corrected chi connectivity index (χ4v) is 5.12. The van der Waals surface area contributed by atoms with E-state index in [2.05, 4.69) is 27.3 Å². The highest BCUT2D eigenvalue weighted by Crippen LogP contribution is 2.24. The van der Waals surface area contributed by atoms with Gasteiger partial charge in [-0.05, 0) is 50.0 Å². The lowest BCUT2D eigenvalue weighted by molar-refractivity contribution is -0.133. The number of aryl methyl sites for hydroxylation is 2. The number of aromatic nitrogens is 3. The number of fused-ring (bicyclic) bond motifs is 1. The molecule has 4 heterocycles. The van der Waals surface area contributed by atoms with Crippen LogP contribution in [-0.4, -0.2) is 62.6 Å². The van der Waals surface area contributed by atoms with Crippen LogP contribution in [0, 0.1) is 0 Å². The Bertz CT molecular complexity index is 1170. The Morgan fingerprint density at radius 2 is 1.75 bits per heavy atom. The normalized spacial score (nSPS) is 15.9. The first-order valence-corrected chi connectivity index (χ1v) is 13.0. The average molecular weight is 487 g/mol. The number of hydrogen-bond acceptors (Lipinski definition) is 5. The predicted molar refractivity (Wildman–Crippen MR) is 137 cm³/mol. The molecule has 0 atom stereocenters.